The summed E-state index contributed by atoms with van der Waals surface area (Å²) in [4.78, 5) is 41.8. The SMILES string of the molecule is CCCCCN(NC(=O)c1ccc(N2CCN(C(=O)OCc3ccccc3)CC2)cc1)C(=O)OC(C)(C)C. The molecule has 2 aromatic carbocycles. The molecule has 0 spiro atoms. The summed E-state index contributed by atoms with van der Waals surface area (Å²) >= 11 is 0. The lowest BCUT2D eigenvalue weighted by Gasteiger charge is -2.35. The highest BCUT2D eigenvalue weighted by atomic mass is 16.6. The van der Waals surface area contributed by atoms with Crippen molar-refractivity contribution in [2.24, 2.45) is 0 Å². The summed E-state index contributed by atoms with van der Waals surface area (Å²) in [6.45, 7) is 10.5. The molecule has 1 saturated heterocycles. The lowest BCUT2D eigenvalue weighted by molar-refractivity contribution is 0.0129. The van der Waals surface area contributed by atoms with Gasteiger partial charge in [-0.05, 0) is 57.0 Å². The average Bonchev–Trinajstić information content (AvgIpc) is 2.91. The van der Waals surface area contributed by atoms with Gasteiger partial charge in [0, 0.05) is 44.0 Å². The van der Waals surface area contributed by atoms with Crippen molar-refractivity contribution in [1.29, 1.82) is 0 Å². The highest BCUT2D eigenvalue weighted by Crippen LogP contribution is 2.18. The number of amides is 3. The molecule has 2 aromatic rings. The molecule has 1 fully saturated rings. The number of anilines is 1. The van der Waals surface area contributed by atoms with E-state index in [1.807, 2.05) is 42.5 Å². The van der Waals surface area contributed by atoms with Crippen molar-refractivity contribution in [1.82, 2.24) is 15.3 Å². The largest absolute Gasteiger partial charge is 0.445 e. The number of unbranched alkanes of at least 4 members (excludes halogenated alkanes) is 2. The van der Waals surface area contributed by atoms with Crippen molar-refractivity contribution < 1.29 is 23.9 Å². The van der Waals surface area contributed by atoms with Gasteiger partial charge in [-0.25, -0.2) is 14.6 Å². The molecule has 1 aliphatic heterocycles. The second kappa shape index (κ2) is 13.7. The van der Waals surface area contributed by atoms with Gasteiger partial charge in [0.25, 0.3) is 5.91 Å². The van der Waals surface area contributed by atoms with Crippen molar-refractivity contribution in [3.05, 3.63) is 65.7 Å². The van der Waals surface area contributed by atoms with Gasteiger partial charge in [-0.3, -0.25) is 10.2 Å². The van der Waals surface area contributed by atoms with E-state index in [0.29, 0.717) is 38.3 Å². The predicted octanol–water partition coefficient (Wildman–Crippen LogP) is 5.22. The van der Waals surface area contributed by atoms with E-state index in [2.05, 4.69) is 17.2 Å². The molecule has 0 aliphatic carbocycles. The quantitative estimate of drug-likeness (QED) is 0.376. The standard InChI is InChI=1S/C29H40N4O5/c1-5-6-10-17-33(28(36)38-29(2,3)4)30-26(34)24-13-15-25(16-14-24)31-18-20-32(21-19-31)27(35)37-22-23-11-8-7-9-12-23/h7-9,11-16H,5-6,10,17-22H2,1-4H3,(H,30,34). The third-order valence-corrected chi connectivity index (χ3v) is 6.07. The van der Waals surface area contributed by atoms with E-state index in [0.717, 1.165) is 30.5 Å². The molecule has 9 heteroatoms. The van der Waals surface area contributed by atoms with Crippen LogP contribution in [0.25, 0.3) is 0 Å². The zero-order valence-electron chi connectivity index (χ0n) is 22.9. The number of carbonyl (C=O) groups is 3. The number of carbonyl (C=O) groups excluding carboxylic acids is 3. The van der Waals surface area contributed by atoms with Crippen LogP contribution in [0.1, 0.15) is 62.9 Å². The number of rotatable bonds is 8. The molecular formula is C29H40N4O5. The van der Waals surface area contributed by atoms with Crippen molar-refractivity contribution in [3.8, 4) is 0 Å². The molecule has 0 bridgehead atoms. The van der Waals surface area contributed by atoms with E-state index in [4.69, 9.17) is 9.47 Å². The van der Waals surface area contributed by atoms with E-state index >= 15 is 0 Å². The Kier molecular flexibility index (Phi) is 10.4. The lowest BCUT2D eigenvalue weighted by Crippen LogP contribution is -2.49. The first-order chi connectivity index (χ1) is 18.2. The van der Waals surface area contributed by atoms with Crippen LogP contribution in [0.15, 0.2) is 54.6 Å². The first kappa shape index (κ1) is 28.8. The molecule has 0 unspecified atom stereocenters. The smallest absolute Gasteiger partial charge is 0.429 e. The lowest BCUT2D eigenvalue weighted by atomic mass is 10.1. The van der Waals surface area contributed by atoms with Crippen molar-refractivity contribution in [2.45, 2.75) is 59.2 Å². The summed E-state index contributed by atoms with van der Waals surface area (Å²) in [5.74, 6) is -0.370. The molecule has 3 amide bonds. The maximum absolute atomic E-state index is 12.9. The molecule has 1 heterocycles. The Labute approximate surface area is 225 Å². The van der Waals surface area contributed by atoms with E-state index in [1.54, 1.807) is 37.8 Å². The third-order valence-electron chi connectivity index (χ3n) is 6.07. The summed E-state index contributed by atoms with van der Waals surface area (Å²) in [5, 5.41) is 1.26. The molecule has 0 aromatic heterocycles. The fourth-order valence-electron chi connectivity index (χ4n) is 4.00. The van der Waals surface area contributed by atoms with Crippen LogP contribution >= 0.6 is 0 Å². The van der Waals surface area contributed by atoms with Crippen LogP contribution in [-0.4, -0.2) is 66.3 Å². The summed E-state index contributed by atoms with van der Waals surface area (Å²) in [6.07, 6.45) is 1.83. The summed E-state index contributed by atoms with van der Waals surface area (Å²) in [5.41, 5.74) is 4.41. The second-order valence-corrected chi connectivity index (χ2v) is 10.3. The van der Waals surface area contributed by atoms with Gasteiger partial charge >= 0.3 is 12.2 Å². The number of hydrazine groups is 1. The van der Waals surface area contributed by atoms with Crippen LogP contribution < -0.4 is 10.3 Å². The molecule has 0 atom stereocenters. The Morgan fingerprint density at radius 2 is 1.58 bits per heavy atom. The average molecular weight is 525 g/mol. The molecule has 206 valence electrons. The number of hydrogen-bond donors (Lipinski definition) is 1. The molecule has 9 nitrogen and oxygen atoms in total. The first-order valence-corrected chi connectivity index (χ1v) is 13.3. The first-order valence-electron chi connectivity index (χ1n) is 13.3. The van der Waals surface area contributed by atoms with E-state index in [1.165, 1.54) is 5.01 Å². The molecular weight excluding hydrogens is 484 g/mol. The Balaban J connectivity index is 1.51. The highest BCUT2D eigenvalue weighted by Gasteiger charge is 2.25. The Morgan fingerprint density at radius 3 is 2.18 bits per heavy atom. The summed E-state index contributed by atoms with van der Waals surface area (Å²) in [7, 11) is 0. The van der Waals surface area contributed by atoms with Gasteiger partial charge in [0.15, 0.2) is 0 Å². The topological polar surface area (TPSA) is 91.4 Å². The van der Waals surface area contributed by atoms with Crippen LogP contribution in [0.4, 0.5) is 15.3 Å². The van der Waals surface area contributed by atoms with Gasteiger partial charge in [-0.2, -0.15) is 0 Å². The number of hydrogen-bond acceptors (Lipinski definition) is 6. The van der Waals surface area contributed by atoms with Crippen molar-refractivity contribution >= 4 is 23.8 Å². The fraction of sp³-hybridized carbons (Fsp3) is 0.483. The normalized spacial score (nSPS) is 13.6. The Hall–Kier alpha value is -3.75. The van der Waals surface area contributed by atoms with Crippen LogP contribution in [0.3, 0.4) is 0 Å². The van der Waals surface area contributed by atoms with Gasteiger partial charge in [0.05, 0.1) is 0 Å². The Morgan fingerprint density at radius 1 is 0.921 bits per heavy atom. The number of nitrogens with zero attached hydrogens (tertiary/aromatic N) is 3. The molecule has 0 radical (unpaired) electrons. The molecule has 38 heavy (non-hydrogen) atoms. The zero-order chi connectivity index (χ0) is 27.5. The highest BCUT2D eigenvalue weighted by molar-refractivity contribution is 5.95. The molecule has 3 rings (SSSR count). The van der Waals surface area contributed by atoms with E-state index < -0.39 is 11.7 Å². The number of ether oxygens (including phenoxy) is 2. The number of nitrogens with one attached hydrogen (secondary N) is 1. The number of benzene rings is 2. The minimum atomic E-state index is -0.658. The van der Waals surface area contributed by atoms with Crippen LogP contribution in [0.5, 0.6) is 0 Å². The van der Waals surface area contributed by atoms with Crippen molar-refractivity contribution in [2.75, 3.05) is 37.6 Å². The molecule has 1 N–H and O–H groups in total. The van der Waals surface area contributed by atoms with Crippen LogP contribution in [0.2, 0.25) is 0 Å². The molecule has 1 aliphatic rings. The van der Waals surface area contributed by atoms with Crippen LogP contribution in [-0.2, 0) is 16.1 Å². The molecule has 0 saturated carbocycles. The van der Waals surface area contributed by atoms with Gasteiger partial charge in [0.2, 0.25) is 0 Å². The Bertz CT molecular complexity index is 1040. The minimum absolute atomic E-state index is 0.257. The zero-order valence-corrected chi connectivity index (χ0v) is 22.9. The van der Waals surface area contributed by atoms with Crippen LogP contribution in [0, 0.1) is 0 Å². The van der Waals surface area contributed by atoms with Gasteiger partial charge < -0.3 is 19.3 Å². The van der Waals surface area contributed by atoms with Gasteiger partial charge in [0.1, 0.15) is 12.2 Å². The third kappa shape index (κ3) is 8.97. The second-order valence-electron chi connectivity index (χ2n) is 10.3. The summed E-state index contributed by atoms with van der Waals surface area (Å²) in [6, 6.07) is 16.9. The van der Waals surface area contributed by atoms with Crippen molar-refractivity contribution in [3.63, 3.8) is 0 Å². The van der Waals surface area contributed by atoms with Gasteiger partial charge in [-0.15, -0.1) is 0 Å². The van der Waals surface area contributed by atoms with E-state index in [-0.39, 0.29) is 18.6 Å². The maximum atomic E-state index is 12.9. The fourth-order valence-corrected chi connectivity index (χ4v) is 4.00. The predicted molar refractivity (Wildman–Crippen MR) is 147 cm³/mol. The summed E-state index contributed by atoms with van der Waals surface area (Å²) < 4.78 is 10.9. The van der Waals surface area contributed by atoms with E-state index in [9.17, 15) is 14.4 Å². The monoisotopic (exact) mass is 524 g/mol. The number of piperazine rings is 1. The minimum Gasteiger partial charge on any atom is -0.445 e. The van der Waals surface area contributed by atoms with Gasteiger partial charge in [-0.1, -0.05) is 50.1 Å². The maximum Gasteiger partial charge on any atom is 0.429 e.